The van der Waals surface area contributed by atoms with Gasteiger partial charge in [-0.05, 0) is 26.3 Å². The Balaban J connectivity index is 2.52. The molecule has 110 valence electrons. The average Bonchev–Trinajstić information content (AvgIpc) is 2.37. The molecule has 1 unspecified atom stereocenters. The van der Waals surface area contributed by atoms with Gasteiger partial charge in [0.15, 0.2) is 0 Å². The highest BCUT2D eigenvalue weighted by Crippen LogP contribution is 2.20. The molecule has 6 nitrogen and oxygen atoms in total. The second kappa shape index (κ2) is 7.84. The molecule has 0 bridgehead atoms. The third kappa shape index (κ3) is 5.56. The van der Waals surface area contributed by atoms with E-state index in [0.717, 1.165) is 19.4 Å². The number of nitriles is 2. The molecule has 6 heteroatoms. The van der Waals surface area contributed by atoms with Crippen molar-refractivity contribution in [3.05, 3.63) is 0 Å². The summed E-state index contributed by atoms with van der Waals surface area (Å²) in [5.41, 5.74) is -0.733. The third-order valence-corrected chi connectivity index (χ3v) is 3.45. The Morgan fingerprint density at radius 2 is 1.95 bits per heavy atom. The lowest BCUT2D eigenvalue weighted by Gasteiger charge is -2.37. The van der Waals surface area contributed by atoms with Gasteiger partial charge in [-0.15, -0.1) is 0 Å². The molecule has 1 aliphatic rings. The highest BCUT2D eigenvalue weighted by molar-refractivity contribution is 5.78. The molecule has 0 aromatic carbocycles. The number of hydrogen-bond acceptors (Lipinski definition) is 5. The first kappa shape index (κ1) is 16.4. The number of rotatable bonds is 6. The summed E-state index contributed by atoms with van der Waals surface area (Å²) in [5.74, 6) is -0.0757. The number of carbonyl (C=O) groups is 1. The van der Waals surface area contributed by atoms with Crippen LogP contribution in [0.1, 0.15) is 32.6 Å². The molecular weight excluding hydrogens is 256 g/mol. The predicted octanol–water partition coefficient (Wildman–Crippen LogP) is 0.489. The normalized spacial score (nSPS) is 22.8. The van der Waals surface area contributed by atoms with E-state index >= 15 is 0 Å². The van der Waals surface area contributed by atoms with Crippen molar-refractivity contribution in [1.29, 1.82) is 10.5 Å². The standard InChI is InChI=1S/C14H22N4O2/c1-14(20)5-2-8-17(12-14)11-13(19)18(9-3-6-15)10-4-7-16/h20H,2-5,8-12H2,1H3. The first-order valence-corrected chi connectivity index (χ1v) is 6.95. The fourth-order valence-corrected chi connectivity index (χ4v) is 2.48. The van der Waals surface area contributed by atoms with Gasteiger partial charge < -0.3 is 10.0 Å². The second-order valence-electron chi connectivity index (χ2n) is 5.51. The summed E-state index contributed by atoms with van der Waals surface area (Å²) >= 11 is 0. The molecule has 0 aromatic rings. The van der Waals surface area contributed by atoms with Gasteiger partial charge in [-0.25, -0.2) is 0 Å². The van der Waals surface area contributed by atoms with Gasteiger partial charge in [-0.1, -0.05) is 0 Å². The molecule has 1 N–H and O–H groups in total. The van der Waals surface area contributed by atoms with Crippen molar-refractivity contribution in [3.63, 3.8) is 0 Å². The van der Waals surface area contributed by atoms with Crippen LogP contribution in [0.2, 0.25) is 0 Å². The zero-order chi connectivity index (χ0) is 15.0. The number of β-amino-alcohol motifs (C(OH)–C–C–N with tert-alkyl or cyclic N) is 1. The van der Waals surface area contributed by atoms with E-state index in [9.17, 15) is 9.90 Å². The van der Waals surface area contributed by atoms with Crippen molar-refractivity contribution in [2.24, 2.45) is 0 Å². The van der Waals surface area contributed by atoms with Crippen molar-refractivity contribution < 1.29 is 9.90 Å². The fourth-order valence-electron chi connectivity index (χ4n) is 2.48. The Morgan fingerprint density at radius 1 is 1.35 bits per heavy atom. The maximum Gasteiger partial charge on any atom is 0.236 e. The van der Waals surface area contributed by atoms with Crippen LogP contribution in [0.3, 0.4) is 0 Å². The zero-order valence-corrected chi connectivity index (χ0v) is 12.0. The minimum atomic E-state index is -0.733. The van der Waals surface area contributed by atoms with E-state index in [2.05, 4.69) is 0 Å². The number of hydrogen-bond donors (Lipinski definition) is 1. The van der Waals surface area contributed by atoms with Crippen LogP contribution in [0.15, 0.2) is 0 Å². The molecule has 1 saturated heterocycles. The van der Waals surface area contributed by atoms with Gasteiger partial charge in [-0.2, -0.15) is 10.5 Å². The number of piperidine rings is 1. The Labute approximate surface area is 120 Å². The molecule has 1 aliphatic heterocycles. The Bertz CT molecular complexity index is 390. The van der Waals surface area contributed by atoms with Crippen molar-refractivity contribution in [2.75, 3.05) is 32.7 Å². The zero-order valence-electron chi connectivity index (χ0n) is 12.0. The van der Waals surface area contributed by atoms with Crippen LogP contribution in [-0.4, -0.2) is 59.1 Å². The maximum absolute atomic E-state index is 12.2. The number of amides is 1. The lowest BCUT2D eigenvalue weighted by molar-refractivity contribution is -0.133. The summed E-state index contributed by atoms with van der Waals surface area (Å²) < 4.78 is 0. The Hall–Kier alpha value is -1.63. The molecule has 1 fully saturated rings. The van der Waals surface area contributed by atoms with E-state index in [1.165, 1.54) is 0 Å². The first-order chi connectivity index (χ1) is 9.48. The van der Waals surface area contributed by atoms with Gasteiger partial charge in [0.25, 0.3) is 0 Å². The lowest BCUT2D eigenvalue weighted by atomic mass is 9.95. The molecule has 0 spiro atoms. The van der Waals surface area contributed by atoms with Gasteiger partial charge in [0.2, 0.25) is 5.91 Å². The largest absolute Gasteiger partial charge is 0.389 e. The quantitative estimate of drug-likeness (QED) is 0.763. The van der Waals surface area contributed by atoms with Gasteiger partial charge in [-0.3, -0.25) is 9.69 Å². The molecule has 1 rings (SSSR count). The van der Waals surface area contributed by atoms with Crippen LogP contribution >= 0.6 is 0 Å². The number of aliphatic hydroxyl groups is 1. The first-order valence-electron chi connectivity index (χ1n) is 6.95. The van der Waals surface area contributed by atoms with E-state index in [1.807, 2.05) is 17.0 Å². The van der Waals surface area contributed by atoms with E-state index < -0.39 is 5.60 Å². The fraction of sp³-hybridized carbons (Fsp3) is 0.786. The molecule has 1 amide bonds. The van der Waals surface area contributed by atoms with Crippen LogP contribution in [-0.2, 0) is 4.79 Å². The summed E-state index contributed by atoms with van der Waals surface area (Å²) in [6.07, 6.45) is 2.17. The van der Waals surface area contributed by atoms with Crippen molar-refractivity contribution in [3.8, 4) is 12.1 Å². The molecule has 0 saturated carbocycles. The molecule has 1 heterocycles. The SMILES string of the molecule is CC1(O)CCCN(CC(=O)N(CCC#N)CCC#N)C1. The summed E-state index contributed by atoms with van der Waals surface area (Å²) in [6, 6.07) is 4.03. The smallest absolute Gasteiger partial charge is 0.236 e. The summed E-state index contributed by atoms with van der Waals surface area (Å²) in [5, 5.41) is 27.3. The van der Waals surface area contributed by atoms with E-state index in [0.29, 0.717) is 19.6 Å². The second-order valence-corrected chi connectivity index (χ2v) is 5.51. The summed E-state index contributed by atoms with van der Waals surface area (Å²) in [4.78, 5) is 15.7. The van der Waals surface area contributed by atoms with Crippen molar-refractivity contribution in [1.82, 2.24) is 9.80 Å². The molecule has 1 atom stereocenters. The number of likely N-dealkylation sites (tertiary alicyclic amines) is 1. The highest BCUT2D eigenvalue weighted by atomic mass is 16.3. The number of carbonyl (C=O) groups excluding carboxylic acids is 1. The molecule has 20 heavy (non-hydrogen) atoms. The monoisotopic (exact) mass is 278 g/mol. The van der Waals surface area contributed by atoms with Gasteiger partial charge in [0, 0.05) is 19.6 Å². The van der Waals surface area contributed by atoms with Crippen LogP contribution in [0, 0.1) is 22.7 Å². The van der Waals surface area contributed by atoms with E-state index in [4.69, 9.17) is 10.5 Å². The molecule has 0 aromatic heterocycles. The Morgan fingerprint density at radius 3 is 2.45 bits per heavy atom. The van der Waals surface area contributed by atoms with Crippen molar-refractivity contribution in [2.45, 2.75) is 38.2 Å². The number of nitrogens with zero attached hydrogens (tertiary/aromatic N) is 4. The summed E-state index contributed by atoms with van der Waals surface area (Å²) in [6.45, 7) is 4.04. The van der Waals surface area contributed by atoms with Crippen LogP contribution in [0.25, 0.3) is 0 Å². The van der Waals surface area contributed by atoms with Gasteiger partial charge in [0.1, 0.15) is 0 Å². The molecular formula is C14H22N4O2. The van der Waals surface area contributed by atoms with Crippen molar-refractivity contribution >= 4 is 5.91 Å². The lowest BCUT2D eigenvalue weighted by Crippen LogP contribution is -2.50. The third-order valence-electron chi connectivity index (χ3n) is 3.45. The minimum absolute atomic E-state index is 0.0757. The van der Waals surface area contributed by atoms with Gasteiger partial charge >= 0.3 is 0 Å². The van der Waals surface area contributed by atoms with E-state index in [-0.39, 0.29) is 25.3 Å². The minimum Gasteiger partial charge on any atom is -0.389 e. The van der Waals surface area contributed by atoms with Crippen LogP contribution < -0.4 is 0 Å². The topological polar surface area (TPSA) is 91.4 Å². The maximum atomic E-state index is 12.2. The highest BCUT2D eigenvalue weighted by Gasteiger charge is 2.29. The Kier molecular flexibility index (Phi) is 6.44. The predicted molar refractivity (Wildman–Crippen MR) is 73.3 cm³/mol. The van der Waals surface area contributed by atoms with Gasteiger partial charge in [0.05, 0.1) is 37.1 Å². The molecule has 0 radical (unpaired) electrons. The molecule has 0 aliphatic carbocycles. The van der Waals surface area contributed by atoms with E-state index in [1.54, 1.807) is 11.8 Å². The summed E-state index contributed by atoms with van der Waals surface area (Å²) in [7, 11) is 0. The van der Waals surface area contributed by atoms with Crippen LogP contribution in [0.4, 0.5) is 0 Å². The average molecular weight is 278 g/mol. The van der Waals surface area contributed by atoms with Crippen LogP contribution in [0.5, 0.6) is 0 Å².